The Balaban J connectivity index is 1.45. The average Bonchev–Trinajstić information content (AvgIpc) is 2.93. The zero-order chi connectivity index (χ0) is 23.6. The number of fused-ring (bicyclic) bond motifs is 1. The first-order valence-electron chi connectivity index (χ1n) is 11.4. The van der Waals surface area contributed by atoms with E-state index in [9.17, 15) is 0 Å². The highest BCUT2D eigenvalue weighted by Crippen LogP contribution is 2.31. The van der Waals surface area contributed by atoms with Gasteiger partial charge in [-0.3, -0.25) is 4.98 Å². The Kier molecular flexibility index (Phi) is 5.65. The van der Waals surface area contributed by atoms with Gasteiger partial charge in [0, 0.05) is 44.5 Å². The summed E-state index contributed by atoms with van der Waals surface area (Å²) in [6.45, 7) is 0. The number of aromatic nitrogens is 3. The SMILES string of the molecule is Brc1ccc(-c2cc(-c3ccc(-c4cncc5ccccc45)cc3)nc(-c3ccccc3)n2)cc1. The van der Waals surface area contributed by atoms with E-state index < -0.39 is 0 Å². The molecule has 0 amide bonds. The fourth-order valence-corrected chi connectivity index (χ4v) is 4.51. The highest BCUT2D eigenvalue weighted by Gasteiger charge is 2.11. The van der Waals surface area contributed by atoms with Gasteiger partial charge in [-0.25, -0.2) is 9.97 Å². The Hall–Kier alpha value is -4.15. The minimum Gasteiger partial charge on any atom is -0.263 e. The zero-order valence-corrected chi connectivity index (χ0v) is 20.4. The molecule has 0 unspecified atom stereocenters. The molecule has 6 aromatic rings. The quantitative estimate of drug-likeness (QED) is 0.237. The molecule has 0 saturated heterocycles. The van der Waals surface area contributed by atoms with E-state index >= 15 is 0 Å². The maximum atomic E-state index is 4.94. The van der Waals surface area contributed by atoms with Gasteiger partial charge in [0.15, 0.2) is 5.82 Å². The van der Waals surface area contributed by atoms with E-state index in [0.29, 0.717) is 5.82 Å². The molecule has 3 nitrogen and oxygen atoms in total. The molecule has 166 valence electrons. The van der Waals surface area contributed by atoms with E-state index in [-0.39, 0.29) is 0 Å². The molecule has 0 aliphatic rings. The highest BCUT2D eigenvalue weighted by molar-refractivity contribution is 9.10. The van der Waals surface area contributed by atoms with E-state index in [1.807, 2.05) is 60.9 Å². The zero-order valence-electron chi connectivity index (χ0n) is 18.8. The standard InChI is InChI=1S/C31H20BrN3/c32-26-16-14-23(15-17-26)30-18-29(34-31(35-30)24-6-2-1-3-7-24)22-12-10-21(11-13-22)28-20-33-19-25-8-4-5-9-27(25)28/h1-20H. The largest absolute Gasteiger partial charge is 0.263 e. The van der Waals surface area contributed by atoms with Crippen LogP contribution in [0.15, 0.2) is 126 Å². The maximum absolute atomic E-state index is 4.94. The van der Waals surface area contributed by atoms with Crippen LogP contribution in [0.5, 0.6) is 0 Å². The van der Waals surface area contributed by atoms with Crippen LogP contribution < -0.4 is 0 Å². The van der Waals surface area contributed by atoms with Crippen molar-refractivity contribution in [3.63, 3.8) is 0 Å². The summed E-state index contributed by atoms with van der Waals surface area (Å²) in [6, 6.07) is 37.3. The van der Waals surface area contributed by atoms with Crippen LogP contribution in [-0.2, 0) is 0 Å². The number of benzene rings is 4. The molecule has 35 heavy (non-hydrogen) atoms. The Morgan fingerprint density at radius 2 is 1.11 bits per heavy atom. The predicted octanol–water partition coefficient (Wildman–Crippen LogP) is 8.46. The summed E-state index contributed by atoms with van der Waals surface area (Å²) in [5.74, 6) is 0.711. The molecule has 0 fully saturated rings. The van der Waals surface area contributed by atoms with Crippen LogP contribution in [0.4, 0.5) is 0 Å². The normalized spacial score (nSPS) is 11.0. The van der Waals surface area contributed by atoms with Gasteiger partial charge in [-0.15, -0.1) is 0 Å². The lowest BCUT2D eigenvalue weighted by molar-refractivity contribution is 1.18. The van der Waals surface area contributed by atoms with E-state index in [1.54, 1.807) is 0 Å². The second kappa shape index (κ2) is 9.24. The van der Waals surface area contributed by atoms with Crippen molar-refractivity contribution in [3.8, 4) is 45.0 Å². The van der Waals surface area contributed by atoms with Crippen LogP contribution in [0.25, 0.3) is 55.8 Å². The van der Waals surface area contributed by atoms with Gasteiger partial charge in [-0.2, -0.15) is 0 Å². The molecule has 0 saturated carbocycles. The van der Waals surface area contributed by atoms with Gasteiger partial charge in [-0.1, -0.05) is 107 Å². The molecule has 0 N–H and O–H groups in total. The smallest absolute Gasteiger partial charge is 0.160 e. The van der Waals surface area contributed by atoms with Crippen molar-refractivity contribution in [2.45, 2.75) is 0 Å². The number of rotatable bonds is 4. The Bertz CT molecular complexity index is 1620. The van der Waals surface area contributed by atoms with E-state index in [1.165, 1.54) is 5.39 Å². The maximum Gasteiger partial charge on any atom is 0.160 e. The van der Waals surface area contributed by atoms with Crippen LogP contribution in [0.1, 0.15) is 0 Å². The Morgan fingerprint density at radius 3 is 1.83 bits per heavy atom. The van der Waals surface area contributed by atoms with Crippen molar-refractivity contribution in [2.24, 2.45) is 0 Å². The van der Waals surface area contributed by atoms with Gasteiger partial charge in [0.05, 0.1) is 11.4 Å². The Labute approximate surface area is 212 Å². The minimum atomic E-state index is 0.711. The fraction of sp³-hybridized carbons (Fsp3) is 0. The molecular weight excluding hydrogens is 494 g/mol. The topological polar surface area (TPSA) is 38.7 Å². The first-order chi connectivity index (χ1) is 17.2. The lowest BCUT2D eigenvalue weighted by Gasteiger charge is -2.11. The fourth-order valence-electron chi connectivity index (χ4n) is 4.25. The molecule has 6 rings (SSSR count). The van der Waals surface area contributed by atoms with Crippen molar-refractivity contribution >= 4 is 26.7 Å². The number of halogens is 1. The monoisotopic (exact) mass is 513 g/mol. The number of pyridine rings is 1. The molecule has 4 aromatic carbocycles. The average molecular weight is 514 g/mol. The number of hydrogen-bond donors (Lipinski definition) is 0. The van der Waals surface area contributed by atoms with Crippen molar-refractivity contribution in [1.82, 2.24) is 15.0 Å². The van der Waals surface area contributed by atoms with Crippen LogP contribution >= 0.6 is 15.9 Å². The summed E-state index contributed by atoms with van der Waals surface area (Å²) in [7, 11) is 0. The van der Waals surface area contributed by atoms with E-state index in [4.69, 9.17) is 9.97 Å². The third kappa shape index (κ3) is 4.36. The summed E-state index contributed by atoms with van der Waals surface area (Å²) in [5.41, 5.74) is 7.11. The third-order valence-corrected chi connectivity index (χ3v) is 6.59. The summed E-state index contributed by atoms with van der Waals surface area (Å²) < 4.78 is 1.04. The van der Waals surface area contributed by atoms with Crippen molar-refractivity contribution < 1.29 is 0 Å². The summed E-state index contributed by atoms with van der Waals surface area (Å²) in [5, 5.41) is 2.33. The first-order valence-corrected chi connectivity index (χ1v) is 12.2. The van der Waals surface area contributed by atoms with Gasteiger partial charge >= 0.3 is 0 Å². The van der Waals surface area contributed by atoms with Crippen LogP contribution in [0.3, 0.4) is 0 Å². The van der Waals surface area contributed by atoms with Gasteiger partial charge in [0.2, 0.25) is 0 Å². The molecule has 0 bridgehead atoms. The molecule has 2 aromatic heterocycles. The molecule has 4 heteroatoms. The van der Waals surface area contributed by atoms with E-state index in [0.717, 1.165) is 49.1 Å². The van der Waals surface area contributed by atoms with Crippen LogP contribution in [0, 0.1) is 0 Å². The lowest BCUT2D eigenvalue weighted by atomic mass is 9.99. The Morgan fingerprint density at radius 1 is 0.514 bits per heavy atom. The number of nitrogens with zero attached hydrogens (tertiary/aromatic N) is 3. The minimum absolute atomic E-state index is 0.711. The van der Waals surface area contributed by atoms with Crippen molar-refractivity contribution in [3.05, 3.63) is 126 Å². The molecule has 0 spiro atoms. The molecule has 0 aliphatic carbocycles. The molecule has 2 heterocycles. The highest BCUT2D eigenvalue weighted by atomic mass is 79.9. The van der Waals surface area contributed by atoms with Crippen molar-refractivity contribution in [1.29, 1.82) is 0 Å². The van der Waals surface area contributed by atoms with Gasteiger partial charge in [0.1, 0.15) is 0 Å². The second-order valence-electron chi connectivity index (χ2n) is 8.32. The van der Waals surface area contributed by atoms with Crippen LogP contribution in [-0.4, -0.2) is 15.0 Å². The van der Waals surface area contributed by atoms with Gasteiger partial charge in [0.25, 0.3) is 0 Å². The second-order valence-corrected chi connectivity index (χ2v) is 9.24. The summed E-state index contributed by atoms with van der Waals surface area (Å²) in [6.07, 6.45) is 3.84. The molecule has 0 atom stereocenters. The molecule has 0 aliphatic heterocycles. The van der Waals surface area contributed by atoms with E-state index in [2.05, 4.69) is 81.6 Å². The van der Waals surface area contributed by atoms with Gasteiger partial charge in [-0.05, 0) is 29.1 Å². The predicted molar refractivity (Wildman–Crippen MR) is 147 cm³/mol. The van der Waals surface area contributed by atoms with Gasteiger partial charge < -0.3 is 0 Å². The van der Waals surface area contributed by atoms with Crippen molar-refractivity contribution in [2.75, 3.05) is 0 Å². The lowest BCUT2D eigenvalue weighted by Crippen LogP contribution is -1.96. The van der Waals surface area contributed by atoms with Crippen LogP contribution in [0.2, 0.25) is 0 Å². The number of hydrogen-bond acceptors (Lipinski definition) is 3. The third-order valence-electron chi connectivity index (χ3n) is 6.06. The summed E-state index contributed by atoms with van der Waals surface area (Å²) >= 11 is 3.52. The summed E-state index contributed by atoms with van der Waals surface area (Å²) in [4.78, 5) is 14.3. The first kappa shape index (κ1) is 21.4. The molecule has 0 radical (unpaired) electrons. The molecular formula is C31H20BrN3.